The van der Waals surface area contributed by atoms with Crippen LogP contribution in [0.2, 0.25) is 0 Å². The van der Waals surface area contributed by atoms with Crippen LogP contribution in [0.1, 0.15) is 20.1 Å². The highest BCUT2D eigenvalue weighted by Gasteiger charge is 2.48. The lowest BCUT2D eigenvalue weighted by Gasteiger charge is -2.18. The topological polar surface area (TPSA) is 182 Å². The average molecular weight is 420 g/mol. The Hall–Kier alpha value is -2.25. The van der Waals surface area contributed by atoms with Crippen LogP contribution in [0.5, 0.6) is 0 Å². The van der Waals surface area contributed by atoms with Gasteiger partial charge in [-0.15, -0.1) is 5.10 Å². The second-order valence-electron chi connectivity index (χ2n) is 6.31. The molecule has 0 saturated carbocycles. The van der Waals surface area contributed by atoms with Crippen LogP contribution >= 0.6 is 8.25 Å². The van der Waals surface area contributed by atoms with E-state index >= 15 is 0 Å². The number of rotatable bonds is 6. The number of hydrogen-bond donors (Lipinski definition) is 4. The van der Waals surface area contributed by atoms with Gasteiger partial charge in [0.25, 0.3) is 5.56 Å². The van der Waals surface area contributed by atoms with E-state index in [0.717, 1.165) is 4.68 Å². The summed E-state index contributed by atoms with van der Waals surface area (Å²) < 4.78 is 36.4. The first kappa shape index (κ1) is 20.5. The van der Waals surface area contributed by atoms with E-state index in [2.05, 4.69) is 25.6 Å². The van der Waals surface area contributed by atoms with E-state index in [4.69, 9.17) is 14.2 Å². The third-order valence-electron chi connectivity index (χ3n) is 4.02. The number of aliphatic hydroxyl groups excluding tert-OH is 1. The lowest BCUT2D eigenvalue weighted by Crippen LogP contribution is -2.31. The molecular formula is C13H18FN6O7P. The van der Waals surface area contributed by atoms with Gasteiger partial charge in [-0.3, -0.25) is 29.0 Å². The highest BCUT2D eigenvalue weighted by molar-refractivity contribution is 7.32. The Morgan fingerprint density at radius 3 is 2.86 bits per heavy atom. The zero-order chi connectivity index (χ0) is 20.6. The lowest BCUT2D eigenvalue weighted by molar-refractivity contribution is -0.118. The summed E-state index contributed by atoms with van der Waals surface area (Å²) in [6.07, 6.45) is -6.33. The number of aliphatic hydroxyl groups is 1. The molecule has 1 aliphatic heterocycles. The minimum atomic E-state index is -3.56. The van der Waals surface area contributed by atoms with Crippen LogP contribution in [0.25, 0.3) is 11.2 Å². The van der Waals surface area contributed by atoms with Crippen molar-refractivity contribution in [1.82, 2.24) is 25.0 Å². The van der Waals surface area contributed by atoms with Gasteiger partial charge in [0.05, 0.1) is 6.61 Å². The third kappa shape index (κ3) is 3.82. The number of nitrogens with zero attached hydrogens (tertiary/aromatic N) is 4. The van der Waals surface area contributed by atoms with E-state index in [9.17, 15) is 23.7 Å². The maximum absolute atomic E-state index is 14.4. The standard InChI is InChI=1S/C13H18FN6O7P/c1-4(2)10(22)16-13-15-9-7(11(23)17-13)18-19-20(9)12-8(27-28(24)25)6(14)5(3-21)26-12/h4-6,8,12,21,28H,3H2,1-2H3,(H,24,25)(H2,15,16,17,22,23)/t5-,6-,8-,12-/m1/s1. The summed E-state index contributed by atoms with van der Waals surface area (Å²) in [6.45, 7) is 2.55. The number of ether oxygens (including phenoxy) is 1. The molecule has 154 valence electrons. The van der Waals surface area contributed by atoms with Crippen LogP contribution in [0.3, 0.4) is 0 Å². The lowest BCUT2D eigenvalue weighted by atomic mass is 10.1. The first-order chi connectivity index (χ1) is 13.2. The Morgan fingerprint density at radius 2 is 2.25 bits per heavy atom. The number of carbonyl (C=O) groups is 1. The molecule has 0 spiro atoms. The number of nitrogens with one attached hydrogen (secondary N) is 2. The highest BCUT2D eigenvalue weighted by atomic mass is 31.1. The second kappa shape index (κ2) is 8.01. The van der Waals surface area contributed by atoms with Gasteiger partial charge in [-0.1, -0.05) is 19.1 Å². The van der Waals surface area contributed by atoms with Crippen LogP contribution in [0, 0.1) is 5.92 Å². The summed E-state index contributed by atoms with van der Waals surface area (Å²) in [4.78, 5) is 39.4. The number of aromatic nitrogens is 5. The summed E-state index contributed by atoms with van der Waals surface area (Å²) in [6, 6.07) is 0. The van der Waals surface area contributed by atoms with Crippen molar-refractivity contribution < 1.29 is 33.0 Å². The fraction of sp³-hybridized carbons (Fsp3) is 0.615. The Labute approximate surface area is 156 Å². The number of carbonyl (C=O) groups excluding carboxylic acids is 1. The number of halogens is 1. The number of fused-ring (bicyclic) bond motifs is 1. The van der Waals surface area contributed by atoms with Gasteiger partial charge in [-0.2, -0.15) is 9.67 Å². The van der Waals surface area contributed by atoms with Crippen molar-refractivity contribution in [2.75, 3.05) is 11.9 Å². The Morgan fingerprint density at radius 1 is 1.54 bits per heavy atom. The molecule has 1 unspecified atom stereocenters. The van der Waals surface area contributed by atoms with Crippen molar-refractivity contribution in [3.63, 3.8) is 0 Å². The quantitative estimate of drug-likeness (QED) is 0.428. The van der Waals surface area contributed by atoms with Gasteiger partial charge in [0.2, 0.25) is 11.9 Å². The van der Waals surface area contributed by atoms with Crippen molar-refractivity contribution in [3.8, 4) is 0 Å². The summed E-state index contributed by atoms with van der Waals surface area (Å²) in [7, 11) is -3.56. The maximum Gasteiger partial charge on any atom is 0.317 e. The van der Waals surface area contributed by atoms with Crippen LogP contribution in [-0.2, 0) is 18.6 Å². The van der Waals surface area contributed by atoms with Gasteiger partial charge in [0.1, 0.15) is 12.2 Å². The van der Waals surface area contributed by atoms with Crippen molar-refractivity contribution >= 4 is 31.3 Å². The number of aromatic amines is 1. The van der Waals surface area contributed by atoms with E-state index in [-0.39, 0.29) is 23.0 Å². The molecular weight excluding hydrogens is 402 g/mol. The molecule has 2 aromatic rings. The Bertz CT molecular complexity index is 964. The van der Waals surface area contributed by atoms with Crippen molar-refractivity contribution in [3.05, 3.63) is 10.4 Å². The minimum absolute atomic E-state index is 0.176. The number of anilines is 1. The normalized spacial score (nSPS) is 26.1. The van der Waals surface area contributed by atoms with Crippen molar-refractivity contribution in [1.29, 1.82) is 0 Å². The van der Waals surface area contributed by atoms with Crippen molar-refractivity contribution in [2.45, 2.75) is 38.5 Å². The molecule has 1 saturated heterocycles. The molecule has 4 N–H and O–H groups in total. The van der Waals surface area contributed by atoms with Gasteiger partial charge in [-0.25, -0.2) is 4.39 Å². The van der Waals surface area contributed by atoms with Crippen LogP contribution in [0.15, 0.2) is 4.79 Å². The van der Waals surface area contributed by atoms with Gasteiger partial charge >= 0.3 is 8.25 Å². The molecule has 0 radical (unpaired) electrons. The first-order valence-corrected chi connectivity index (χ1v) is 9.45. The number of H-pyrrole nitrogens is 1. The summed E-state index contributed by atoms with van der Waals surface area (Å²) in [5.41, 5.74) is -1.13. The second-order valence-corrected chi connectivity index (χ2v) is 7.07. The SMILES string of the molecule is CC(C)C(=O)Nc1nc2c(nnn2[C@@H]2O[C@H](CO)[C@@H](F)[C@H]2O[PH](=O)O)c(=O)[nH]1. The molecule has 5 atom stereocenters. The molecule has 1 amide bonds. The van der Waals surface area contributed by atoms with Crippen LogP contribution in [0.4, 0.5) is 10.3 Å². The Balaban J connectivity index is 2.04. The van der Waals surface area contributed by atoms with Gasteiger partial charge in [0.15, 0.2) is 23.6 Å². The molecule has 13 nitrogen and oxygen atoms in total. The monoisotopic (exact) mass is 420 g/mol. The molecule has 15 heteroatoms. The summed E-state index contributed by atoms with van der Waals surface area (Å²) in [5.74, 6) is -0.996. The molecule has 0 aliphatic carbocycles. The zero-order valence-corrected chi connectivity index (χ0v) is 15.7. The molecule has 1 aliphatic rings. The summed E-state index contributed by atoms with van der Waals surface area (Å²) in [5, 5.41) is 19.0. The molecule has 2 aromatic heterocycles. The molecule has 0 aromatic carbocycles. The van der Waals surface area contributed by atoms with E-state index < -0.39 is 50.9 Å². The third-order valence-corrected chi connectivity index (χ3v) is 4.50. The highest BCUT2D eigenvalue weighted by Crippen LogP contribution is 2.38. The molecule has 1 fully saturated rings. The maximum atomic E-state index is 14.4. The van der Waals surface area contributed by atoms with Crippen LogP contribution in [-0.4, -0.2) is 65.9 Å². The Kier molecular flexibility index (Phi) is 5.86. The molecule has 3 rings (SSSR count). The molecule has 3 heterocycles. The van der Waals surface area contributed by atoms with Gasteiger partial charge in [0, 0.05) is 5.92 Å². The van der Waals surface area contributed by atoms with E-state index in [1.165, 1.54) is 0 Å². The molecule has 0 bridgehead atoms. The van der Waals surface area contributed by atoms with Crippen molar-refractivity contribution in [2.24, 2.45) is 5.92 Å². The van der Waals surface area contributed by atoms with E-state index in [0.29, 0.717) is 0 Å². The van der Waals surface area contributed by atoms with Gasteiger partial charge in [-0.05, 0) is 0 Å². The fourth-order valence-electron chi connectivity index (χ4n) is 2.61. The number of hydrogen-bond acceptors (Lipinski definition) is 9. The first-order valence-electron chi connectivity index (χ1n) is 8.19. The minimum Gasteiger partial charge on any atom is -0.394 e. The number of alkyl halides is 1. The number of amides is 1. The zero-order valence-electron chi connectivity index (χ0n) is 14.7. The average Bonchev–Trinajstić information content (AvgIpc) is 3.16. The van der Waals surface area contributed by atoms with Crippen LogP contribution < -0.4 is 10.9 Å². The largest absolute Gasteiger partial charge is 0.394 e. The smallest absolute Gasteiger partial charge is 0.317 e. The molecule has 28 heavy (non-hydrogen) atoms. The predicted octanol–water partition coefficient (Wildman–Crippen LogP) is -0.896. The van der Waals surface area contributed by atoms with E-state index in [1.807, 2.05) is 0 Å². The fourth-order valence-corrected chi connectivity index (χ4v) is 3.09. The van der Waals surface area contributed by atoms with E-state index in [1.54, 1.807) is 13.8 Å². The van der Waals surface area contributed by atoms with Gasteiger partial charge < -0.3 is 14.7 Å². The summed E-state index contributed by atoms with van der Waals surface area (Å²) >= 11 is 0. The predicted molar refractivity (Wildman–Crippen MR) is 91.4 cm³/mol.